The van der Waals surface area contributed by atoms with Gasteiger partial charge in [0.2, 0.25) is 5.91 Å². The molecular formula is C13H23BrN2O3. The predicted molar refractivity (Wildman–Crippen MR) is 77.3 cm³/mol. The first-order chi connectivity index (χ1) is 8.81. The molecule has 6 heteroatoms. The van der Waals surface area contributed by atoms with Crippen LogP contribution in [0.15, 0.2) is 0 Å². The summed E-state index contributed by atoms with van der Waals surface area (Å²) in [6.45, 7) is 7.52. The molecule has 0 saturated carbocycles. The molecule has 0 bridgehead atoms. The largest absolute Gasteiger partial charge is 0.444 e. The SMILES string of the molecule is CC(C)(C)OC(=O)NCCCN1CC(CBr)CC1=O. The van der Waals surface area contributed by atoms with Gasteiger partial charge in [-0.2, -0.15) is 0 Å². The molecule has 1 saturated heterocycles. The molecule has 1 rings (SSSR count). The lowest BCUT2D eigenvalue weighted by Gasteiger charge is -2.20. The van der Waals surface area contributed by atoms with E-state index in [0.29, 0.717) is 25.4 Å². The lowest BCUT2D eigenvalue weighted by Crippen LogP contribution is -2.34. The summed E-state index contributed by atoms with van der Waals surface area (Å²) >= 11 is 3.41. The molecule has 0 spiro atoms. The van der Waals surface area contributed by atoms with Crippen LogP contribution in [0.25, 0.3) is 0 Å². The van der Waals surface area contributed by atoms with Crippen LogP contribution < -0.4 is 5.32 Å². The first-order valence-corrected chi connectivity index (χ1v) is 7.74. The number of carbonyl (C=O) groups excluding carboxylic acids is 2. The number of nitrogens with zero attached hydrogens (tertiary/aromatic N) is 1. The summed E-state index contributed by atoms with van der Waals surface area (Å²) in [6, 6.07) is 0. The van der Waals surface area contributed by atoms with Crippen molar-refractivity contribution in [2.24, 2.45) is 5.92 Å². The Balaban J connectivity index is 2.14. The molecular weight excluding hydrogens is 312 g/mol. The van der Waals surface area contributed by atoms with E-state index in [2.05, 4.69) is 21.2 Å². The molecule has 19 heavy (non-hydrogen) atoms. The van der Waals surface area contributed by atoms with Gasteiger partial charge in [-0.3, -0.25) is 4.79 Å². The van der Waals surface area contributed by atoms with E-state index in [-0.39, 0.29) is 5.91 Å². The zero-order valence-electron chi connectivity index (χ0n) is 11.9. The Hall–Kier alpha value is -0.780. The van der Waals surface area contributed by atoms with Crippen molar-refractivity contribution in [3.63, 3.8) is 0 Å². The van der Waals surface area contributed by atoms with E-state index in [1.165, 1.54) is 0 Å². The fourth-order valence-electron chi connectivity index (χ4n) is 1.95. The number of hydrogen-bond donors (Lipinski definition) is 1. The van der Waals surface area contributed by atoms with Crippen molar-refractivity contribution in [2.45, 2.75) is 39.2 Å². The van der Waals surface area contributed by atoms with Gasteiger partial charge < -0.3 is 15.0 Å². The van der Waals surface area contributed by atoms with Gasteiger partial charge in [-0.05, 0) is 33.1 Å². The Morgan fingerprint density at radius 1 is 1.53 bits per heavy atom. The second-order valence-electron chi connectivity index (χ2n) is 5.85. The monoisotopic (exact) mass is 334 g/mol. The third-order valence-electron chi connectivity index (χ3n) is 2.79. The number of ether oxygens (including phenoxy) is 1. The van der Waals surface area contributed by atoms with Crippen LogP contribution in [-0.4, -0.2) is 47.5 Å². The van der Waals surface area contributed by atoms with Gasteiger partial charge in [-0.1, -0.05) is 15.9 Å². The second kappa shape index (κ2) is 7.12. The number of amides is 2. The van der Waals surface area contributed by atoms with Gasteiger partial charge in [-0.15, -0.1) is 0 Å². The molecule has 1 aliphatic rings. The van der Waals surface area contributed by atoms with Crippen LogP contribution in [0.1, 0.15) is 33.6 Å². The van der Waals surface area contributed by atoms with Gasteiger partial charge in [0, 0.05) is 31.4 Å². The lowest BCUT2D eigenvalue weighted by atomic mass is 10.2. The van der Waals surface area contributed by atoms with Gasteiger partial charge in [0.1, 0.15) is 5.60 Å². The van der Waals surface area contributed by atoms with E-state index in [1.54, 1.807) is 0 Å². The maximum atomic E-state index is 11.7. The van der Waals surface area contributed by atoms with E-state index in [9.17, 15) is 9.59 Å². The average molecular weight is 335 g/mol. The van der Waals surface area contributed by atoms with Gasteiger partial charge in [0.25, 0.3) is 0 Å². The van der Waals surface area contributed by atoms with E-state index < -0.39 is 11.7 Å². The molecule has 5 nitrogen and oxygen atoms in total. The number of likely N-dealkylation sites (tertiary alicyclic amines) is 1. The topological polar surface area (TPSA) is 58.6 Å². The third-order valence-corrected chi connectivity index (χ3v) is 3.70. The minimum atomic E-state index is -0.474. The summed E-state index contributed by atoms with van der Waals surface area (Å²) in [4.78, 5) is 24.9. The summed E-state index contributed by atoms with van der Waals surface area (Å²) in [6.07, 6.45) is 0.976. The molecule has 1 aliphatic heterocycles. The predicted octanol–water partition coefficient (Wildman–Crippen LogP) is 2.14. The van der Waals surface area contributed by atoms with E-state index in [1.807, 2.05) is 25.7 Å². The minimum Gasteiger partial charge on any atom is -0.444 e. The van der Waals surface area contributed by atoms with Crippen molar-refractivity contribution in [3.8, 4) is 0 Å². The summed E-state index contributed by atoms with van der Waals surface area (Å²) in [5, 5.41) is 3.56. The standard InChI is InChI=1S/C13H23BrN2O3/c1-13(2,3)19-12(18)15-5-4-6-16-9-10(8-14)7-11(16)17/h10H,4-9H2,1-3H3,(H,15,18). The molecule has 2 amide bonds. The number of hydrogen-bond acceptors (Lipinski definition) is 3. The van der Waals surface area contributed by atoms with Crippen LogP contribution >= 0.6 is 15.9 Å². The van der Waals surface area contributed by atoms with Crippen molar-refractivity contribution in [2.75, 3.05) is 25.0 Å². The molecule has 0 aromatic carbocycles. The number of rotatable bonds is 5. The van der Waals surface area contributed by atoms with Crippen molar-refractivity contribution in [1.29, 1.82) is 0 Å². The summed E-state index contributed by atoms with van der Waals surface area (Å²) in [5.41, 5.74) is -0.474. The van der Waals surface area contributed by atoms with E-state index in [4.69, 9.17) is 4.74 Å². The maximum Gasteiger partial charge on any atom is 0.407 e. The molecule has 0 aromatic rings. The summed E-state index contributed by atoms with van der Waals surface area (Å²) < 4.78 is 5.13. The number of halogens is 1. The minimum absolute atomic E-state index is 0.210. The maximum absolute atomic E-state index is 11.7. The van der Waals surface area contributed by atoms with Crippen LogP contribution in [0.3, 0.4) is 0 Å². The Labute approximate surface area is 123 Å². The molecule has 1 atom stereocenters. The lowest BCUT2D eigenvalue weighted by molar-refractivity contribution is -0.127. The van der Waals surface area contributed by atoms with Crippen molar-refractivity contribution < 1.29 is 14.3 Å². The van der Waals surface area contributed by atoms with Gasteiger partial charge in [0.15, 0.2) is 0 Å². The third kappa shape index (κ3) is 6.27. The Morgan fingerprint density at radius 2 is 2.21 bits per heavy atom. The van der Waals surface area contributed by atoms with Crippen LogP contribution in [0.2, 0.25) is 0 Å². The quantitative estimate of drug-likeness (QED) is 0.619. The van der Waals surface area contributed by atoms with E-state index >= 15 is 0 Å². The van der Waals surface area contributed by atoms with E-state index in [0.717, 1.165) is 18.3 Å². The smallest absolute Gasteiger partial charge is 0.407 e. The van der Waals surface area contributed by atoms with Crippen molar-refractivity contribution >= 4 is 27.9 Å². The number of carbonyl (C=O) groups is 2. The first-order valence-electron chi connectivity index (χ1n) is 6.62. The first kappa shape index (κ1) is 16.3. The summed E-state index contributed by atoms with van der Waals surface area (Å²) in [5.74, 6) is 0.632. The molecule has 0 aliphatic carbocycles. The molecule has 1 heterocycles. The molecule has 0 radical (unpaired) electrons. The Morgan fingerprint density at radius 3 is 2.74 bits per heavy atom. The van der Waals surface area contributed by atoms with Crippen LogP contribution in [0.5, 0.6) is 0 Å². The van der Waals surface area contributed by atoms with Crippen LogP contribution in [0, 0.1) is 5.92 Å². The van der Waals surface area contributed by atoms with Gasteiger partial charge >= 0.3 is 6.09 Å². The highest BCUT2D eigenvalue weighted by Crippen LogP contribution is 2.19. The summed E-state index contributed by atoms with van der Waals surface area (Å²) in [7, 11) is 0. The van der Waals surface area contributed by atoms with Crippen molar-refractivity contribution in [1.82, 2.24) is 10.2 Å². The Bertz CT molecular complexity index is 328. The van der Waals surface area contributed by atoms with Crippen LogP contribution in [0.4, 0.5) is 4.79 Å². The fraction of sp³-hybridized carbons (Fsp3) is 0.846. The fourth-order valence-corrected chi connectivity index (χ4v) is 2.38. The van der Waals surface area contributed by atoms with Gasteiger partial charge in [-0.25, -0.2) is 4.79 Å². The molecule has 1 fully saturated rings. The molecule has 1 N–H and O–H groups in total. The zero-order chi connectivity index (χ0) is 14.5. The average Bonchev–Trinajstić information content (AvgIpc) is 2.63. The zero-order valence-corrected chi connectivity index (χ0v) is 13.5. The van der Waals surface area contributed by atoms with Crippen LogP contribution in [-0.2, 0) is 9.53 Å². The highest BCUT2D eigenvalue weighted by molar-refractivity contribution is 9.09. The van der Waals surface area contributed by atoms with Gasteiger partial charge in [0.05, 0.1) is 0 Å². The normalized spacial score (nSPS) is 19.7. The molecule has 1 unspecified atom stereocenters. The van der Waals surface area contributed by atoms with Crippen molar-refractivity contribution in [3.05, 3.63) is 0 Å². The number of alkyl halides is 1. The number of nitrogens with one attached hydrogen (secondary N) is 1. The number of alkyl carbamates (subject to hydrolysis) is 1. The highest BCUT2D eigenvalue weighted by Gasteiger charge is 2.28. The molecule has 110 valence electrons. The second-order valence-corrected chi connectivity index (χ2v) is 6.49. The molecule has 0 aromatic heterocycles. The Kier molecular flexibility index (Phi) is 6.10. The highest BCUT2D eigenvalue weighted by atomic mass is 79.9.